The van der Waals surface area contributed by atoms with Crippen molar-refractivity contribution in [2.45, 2.75) is 10.8 Å². The molecule has 2 amide bonds. The molecule has 0 fully saturated rings. The second-order valence-electron chi connectivity index (χ2n) is 4.46. The first-order valence-corrected chi connectivity index (χ1v) is 6.98. The fourth-order valence-electron chi connectivity index (χ4n) is 2.15. The zero-order chi connectivity index (χ0) is 14.7. The van der Waals surface area contributed by atoms with Gasteiger partial charge in [-0.1, -0.05) is 18.2 Å². The van der Waals surface area contributed by atoms with Gasteiger partial charge in [0.15, 0.2) is 0 Å². The van der Waals surface area contributed by atoms with Gasteiger partial charge in [0.05, 0.1) is 12.5 Å². The minimum absolute atomic E-state index is 0.372. The van der Waals surface area contributed by atoms with Crippen LogP contribution in [0, 0.1) is 0 Å². The molecule has 1 heterocycles. The number of carboxylic acid groups (broad SMARTS) is 1. The van der Waals surface area contributed by atoms with Crippen LogP contribution in [0.1, 0.15) is 11.5 Å². The molecule has 1 aliphatic rings. The molecule has 0 aromatic heterocycles. The van der Waals surface area contributed by atoms with Crippen molar-refractivity contribution in [3.8, 4) is 0 Å². The van der Waals surface area contributed by atoms with Crippen LogP contribution in [0.2, 0.25) is 0 Å². The second kappa shape index (κ2) is 5.96. The van der Waals surface area contributed by atoms with Gasteiger partial charge >= 0.3 is 5.97 Å². The van der Waals surface area contributed by atoms with E-state index in [1.807, 2.05) is 24.3 Å². The first-order chi connectivity index (χ1) is 9.49. The highest BCUT2D eigenvalue weighted by molar-refractivity contribution is 7.99. The fraction of sp³-hybridized carbons (Fsp3) is 0.308. The van der Waals surface area contributed by atoms with Crippen molar-refractivity contribution in [2.75, 3.05) is 18.8 Å². The van der Waals surface area contributed by atoms with Crippen molar-refractivity contribution in [2.24, 2.45) is 5.73 Å². The number of rotatable bonds is 5. The average molecular weight is 294 g/mol. The molecule has 1 aromatic carbocycles. The number of amides is 2. The molecule has 1 aromatic rings. The summed E-state index contributed by atoms with van der Waals surface area (Å²) in [6, 6.07) is 7.49. The highest BCUT2D eigenvalue weighted by atomic mass is 32.2. The van der Waals surface area contributed by atoms with E-state index in [1.165, 1.54) is 0 Å². The van der Waals surface area contributed by atoms with Crippen LogP contribution in [0.5, 0.6) is 0 Å². The molecule has 20 heavy (non-hydrogen) atoms. The van der Waals surface area contributed by atoms with E-state index in [2.05, 4.69) is 0 Å². The van der Waals surface area contributed by atoms with Crippen LogP contribution in [0.15, 0.2) is 29.2 Å². The Labute approximate surface area is 119 Å². The van der Waals surface area contributed by atoms with Gasteiger partial charge in [0.25, 0.3) is 0 Å². The number of carboxylic acids is 1. The lowest BCUT2D eigenvalue weighted by molar-refractivity contribution is -0.146. The van der Waals surface area contributed by atoms with Gasteiger partial charge in [-0.05, 0) is 11.6 Å². The third-order valence-corrected chi connectivity index (χ3v) is 4.17. The molecule has 0 saturated heterocycles. The molecule has 1 unspecified atom stereocenters. The van der Waals surface area contributed by atoms with Gasteiger partial charge in [0, 0.05) is 10.6 Å². The normalized spacial score (nSPS) is 16.5. The fourth-order valence-corrected chi connectivity index (χ4v) is 3.37. The van der Waals surface area contributed by atoms with E-state index >= 15 is 0 Å². The van der Waals surface area contributed by atoms with Crippen molar-refractivity contribution in [3.05, 3.63) is 29.8 Å². The summed E-state index contributed by atoms with van der Waals surface area (Å²) in [5.41, 5.74) is 5.95. The number of hydrogen-bond donors (Lipinski definition) is 2. The van der Waals surface area contributed by atoms with Gasteiger partial charge in [0.1, 0.15) is 6.54 Å². The highest BCUT2D eigenvalue weighted by Crippen LogP contribution is 2.40. The van der Waals surface area contributed by atoms with Gasteiger partial charge < -0.3 is 15.7 Å². The van der Waals surface area contributed by atoms with Crippen molar-refractivity contribution in [1.82, 2.24) is 4.90 Å². The molecule has 3 N–H and O–H groups in total. The van der Waals surface area contributed by atoms with E-state index in [4.69, 9.17) is 10.8 Å². The SMILES string of the molecule is NC(=O)CN(CC(=O)O)C(=O)C1CSc2ccccc21. The van der Waals surface area contributed by atoms with Crippen LogP contribution in [0.25, 0.3) is 0 Å². The van der Waals surface area contributed by atoms with Crippen molar-refractivity contribution < 1.29 is 19.5 Å². The number of hydrogen-bond acceptors (Lipinski definition) is 4. The van der Waals surface area contributed by atoms with Crippen LogP contribution in [-0.2, 0) is 14.4 Å². The summed E-state index contributed by atoms with van der Waals surface area (Å²) in [5, 5.41) is 8.83. The van der Waals surface area contributed by atoms with Crippen molar-refractivity contribution in [1.29, 1.82) is 0 Å². The molecule has 2 rings (SSSR count). The molecule has 0 aliphatic carbocycles. The zero-order valence-corrected chi connectivity index (χ0v) is 11.4. The van der Waals surface area contributed by atoms with E-state index in [1.54, 1.807) is 11.8 Å². The predicted molar refractivity (Wildman–Crippen MR) is 73.3 cm³/mol. The predicted octanol–water partition coefficient (Wildman–Crippen LogP) is 0.274. The number of fused-ring (bicyclic) bond motifs is 1. The van der Waals surface area contributed by atoms with E-state index in [-0.39, 0.29) is 12.5 Å². The molecule has 0 radical (unpaired) electrons. The first-order valence-electron chi connectivity index (χ1n) is 5.99. The Bertz CT molecular complexity index is 545. The topological polar surface area (TPSA) is 101 Å². The molecule has 0 spiro atoms. The molecule has 1 atom stereocenters. The lowest BCUT2D eigenvalue weighted by Crippen LogP contribution is -2.43. The van der Waals surface area contributed by atoms with Crippen LogP contribution in [-0.4, -0.2) is 46.6 Å². The van der Waals surface area contributed by atoms with Crippen LogP contribution in [0.3, 0.4) is 0 Å². The number of benzene rings is 1. The largest absolute Gasteiger partial charge is 0.480 e. The Morgan fingerprint density at radius 1 is 1.30 bits per heavy atom. The van der Waals surface area contributed by atoms with Gasteiger partial charge in [-0.25, -0.2) is 0 Å². The summed E-state index contributed by atoms with van der Waals surface area (Å²) >= 11 is 1.55. The molecule has 106 valence electrons. The number of carbonyl (C=O) groups excluding carboxylic acids is 2. The Hall–Kier alpha value is -2.02. The Balaban J connectivity index is 2.20. The molecular weight excluding hydrogens is 280 g/mol. The maximum absolute atomic E-state index is 12.4. The van der Waals surface area contributed by atoms with Crippen molar-refractivity contribution in [3.63, 3.8) is 0 Å². The van der Waals surface area contributed by atoms with E-state index in [0.29, 0.717) is 5.75 Å². The quantitative estimate of drug-likeness (QED) is 0.812. The average Bonchev–Trinajstić information content (AvgIpc) is 2.79. The monoisotopic (exact) mass is 294 g/mol. The molecule has 6 nitrogen and oxygen atoms in total. The minimum atomic E-state index is -1.17. The lowest BCUT2D eigenvalue weighted by Gasteiger charge is -2.22. The van der Waals surface area contributed by atoms with E-state index < -0.39 is 24.3 Å². The van der Waals surface area contributed by atoms with Crippen LogP contribution in [0.4, 0.5) is 0 Å². The summed E-state index contributed by atoms with van der Waals surface area (Å²) < 4.78 is 0. The molecule has 0 saturated carbocycles. The highest BCUT2D eigenvalue weighted by Gasteiger charge is 2.33. The van der Waals surface area contributed by atoms with Crippen LogP contribution < -0.4 is 5.73 Å². The van der Waals surface area contributed by atoms with Gasteiger partial charge in [-0.3, -0.25) is 14.4 Å². The zero-order valence-electron chi connectivity index (χ0n) is 10.6. The summed E-state index contributed by atoms with van der Waals surface area (Å²) in [6.07, 6.45) is 0. The number of nitrogens with two attached hydrogens (primary N) is 1. The number of carbonyl (C=O) groups is 3. The summed E-state index contributed by atoms with van der Waals surface area (Å²) in [4.78, 5) is 36.2. The molecular formula is C13H14N2O4S. The maximum atomic E-state index is 12.4. The Morgan fingerprint density at radius 3 is 2.65 bits per heavy atom. The second-order valence-corrected chi connectivity index (χ2v) is 5.52. The van der Waals surface area contributed by atoms with E-state index in [9.17, 15) is 14.4 Å². The molecule has 0 bridgehead atoms. The van der Waals surface area contributed by atoms with E-state index in [0.717, 1.165) is 15.4 Å². The van der Waals surface area contributed by atoms with Crippen molar-refractivity contribution >= 4 is 29.5 Å². The number of thioether (sulfide) groups is 1. The summed E-state index contributed by atoms with van der Waals surface area (Å²) in [6.45, 7) is -0.903. The molecule has 1 aliphatic heterocycles. The third kappa shape index (κ3) is 3.11. The lowest BCUT2D eigenvalue weighted by atomic mass is 10.00. The Morgan fingerprint density at radius 2 is 2.00 bits per heavy atom. The van der Waals surface area contributed by atoms with Gasteiger partial charge in [-0.2, -0.15) is 0 Å². The summed E-state index contributed by atoms with van der Waals surface area (Å²) in [5.74, 6) is -2.14. The first kappa shape index (κ1) is 14.4. The van der Waals surface area contributed by atoms with Gasteiger partial charge in [-0.15, -0.1) is 11.8 Å². The maximum Gasteiger partial charge on any atom is 0.323 e. The minimum Gasteiger partial charge on any atom is -0.480 e. The van der Waals surface area contributed by atoms with Crippen LogP contribution >= 0.6 is 11.8 Å². The standard InChI is InChI=1S/C13H14N2O4S/c14-11(16)5-15(6-12(17)18)13(19)9-7-20-10-4-2-1-3-8(9)10/h1-4,9H,5-7H2,(H2,14,16)(H,17,18). The number of aliphatic carboxylic acids is 1. The Kier molecular flexibility index (Phi) is 4.29. The number of primary amides is 1. The number of nitrogens with zero attached hydrogens (tertiary/aromatic N) is 1. The summed E-state index contributed by atoms with van der Waals surface area (Å²) in [7, 11) is 0. The molecule has 7 heteroatoms. The smallest absolute Gasteiger partial charge is 0.323 e. The third-order valence-electron chi connectivity index (χ3n) is 2.98. The van der Waals surface area contributed by atoms with Gasteiger partial charge in [0.2, 0.25) is 11.8 Å².